The van der Waals surface area contributed by atoms with Crippen LogP contribution in [0.25, 0.3) is 11.6 Å². The zero-order valence-corrected chi connectivity index (χ0v) is 25.6. The highest BCUT2D eigenvalue weighted by molar-refractivity contribution is 5.79. The van der Waals surface area contributed by atoms with Gasteiger partial charge in [0.05, 0.1) is 0 Å². The Labute approximate surface area is 249 Å². The third kappa shape index (κ3) is 11.4. The van der Waals surface area contributed by atoms with Gasteiger partial charge in [-0.2, -0.15) is 0 Å². The van der Waals surface area contributed by atoms with Crippen molar-refractivity contribution in [2.45, 2.75) is 66.2 Å². The summed E-state index contributed by atoms with van der Waals surface area (Å²) in [5.41, 5.74) is 10.4. The number of aromatic nitrogens is 1. The smallest absolute Gasteiger partial charge is 0.0343 e. The van der Waals surface area contributed by atoms with Gasteiger partial charge in [-0.1, -0.05) is 105 Å². The highest BCUT2D eigenvalue weighted by Gasteiger charge is 2.09. The first-order valence-corrected chi connectivity index (χ1v) is 15.4. The molecule has 0 aliphatic carbocycles. The van der Waals surface area contributed by atoms with E-state index in [-0.39, 0.29) is 0 Å². The van der Waals surface area contributed by atoms with Crippen LogP contribution in [0.2, 0.25) is 0 Å². The lowest BCUT2D eigenvalue weighted by atomic mass is 9.94. The van der Waals surface area contributed by atoms with Crippen LogP contribution in [0, 0.1) is 0 Å². The summed E-state index contributed by atoms with van der Waals surface area (Å²) >= 11 is 0. The van der Waals surface area contributed by atoms with Crippen molar-refractivity contribution >= 4 is 11.6 Å². The maximum atomic E-state index is 4.35. The van der Waals surface area contributed by atoms with E-state index >= 15 is 0 Å². The van der Waals surface area contributed by atoms with E-state index in [2.05, 4.69) is 134 Å². The number of pyridine rings is 1. The Bertz CT molecular complexity index is 1280. The fourth-order valence-electron chi connectivity index (χ4n) is 5.09. The van der Waals surface area contributed by atoms with Gasteiger partial charge in [-0.3, -0.25) is 4.98 Å². The third-order valence-corrected chi connectivity index (χ3v) is 7.13. The molecule has 1 aromatic heterocycles. The normalized spacial score (nSPS) is 13.0. The van der Waals surface area contributed by atoms with Crippen molar-refractivity contribution < 1.29 is 0 Å². The van der Waals surface area contributed by atoms with E-state index in [1.54, 1.807) is 0 Å². The predicted octanol–water partition coefficient (Wildman–Crippen LogP) is 8.96. The molecule has 0 saturated heterocycles. The maximum Gasteiger partial charge on any atom is 0.0343 e. The summed E-state index contributed by atoms with van der Waals surface area (Å²) in [6, 6.07) is 23.6. The van der Waals surface area contributed by atoms with Gasteiger partial charge in [0.25, 0.3) is 0 Å². The largest absolute Gasteiger partial charge is 0.385 e. The molecule has 2 aromatic carbocycles. The van der Waals surface area contributed by atoms with Crippen LogP contribution in [0.4, 0.5) is 0 Å². The Morgan fingerprint density at radius 2 is 1.66 bits per heavy atom. The lowest BCUT2D eigenvalue weighted by Gasteiger charge is -2.16. The molecule has 2 N–H and O–H groups in total. The summed E-state index contributed by atoms with van der Waals surface area (Å²) in [5.74, 6) is 0. The first-order chi connectivity index (χ1) is 20.1. The molecule has 0 atom stereocenters. The van der Waals surface area contributed by atoms with Crippen molar-refractivity contribution in [2.75, 3.05) is 19.6 Å². The highest BCUT2D eigenvalue weighted by atomic mass is 14.9. The molecule has 0 spiro atoms. The summed E-state index contributed by atoms with van der Waals surface area (Å²) in [6.45, 7) is 11.5. The van der Waals surface area contributed by atoms with Crippen LogP contribution in [0.1, 0.15) is 75.6 Å². The molecule has 0 aliphatic rings. The van der Waals surface area contributed by atoms with Gasteiger partial charge in [0.15, 0.2) is 0 Å². The second-order valence-corrected chi connectivity index (χ2v) is 10.6. The van der Waals surface area contributed by atoms with Gasteiger partial charge < -0.3 is 10.6 Å². The zero-order valence-electron chi connectivity index (χ0n) is 25.6. The number of nitrogens with one attached hydrogen (secondary N) is 2. The molecule has 0 saturated carbocycles. The number of hydrogen-bond acceptors (Lipinski definition) is 3. The number of allylic oxidation sites excluding steroid dienone is 4. The van der Waals surface area contributed by atoms with Crippen molar-refractivity contribution in [3.05, 3.63) is 136 Å². The van der Waals surface area contributed by atoms with Gasteiger partial charge in [0.2, 0.25) is 0 Å². The summed E-state index contributed by atoms with van der Waals surface area (Å²) in [7, 11) is 0. The molecule has 0 radical (unpaired) electrons. The lowest BCUT2D eigenvalue weighted by Crippen LogP contribution is -2.19. The molecule has 0 aliphatic heterocycles. The van der Waals surface area contributed by atoms with E-state index in [0.29, 0.717) is 0 Å². The van der Waals surface area contributed by atoms with E-state index < -0.39 is 0 Å². The van der Waals surface area contributed by atoms with Crippen LogP contribution in [-0.4, -0.2) is 24.6 Å². The molecule has 3 aromatic rings. The molecule has 0 bridgehead atoms. The summed E-state index contributed by atoms with van der Waals surface area (Å²) in [4.78, 5) is 4.35. The summed E-state index contributed by atoms with van der Waals surface area (Å²) < 4.78 is 0. The Morgan fingerprint density at radius 1 is 0.902 bits per heavy atom. The minimum atomic E-state index is 0.861. The summed E-state index contributed by atoms with van der Waals surface area (Å²) in [6.07, 6.45) is 19.5. The molecule has 3 nitrogen and oxygen atoms in total. The molecule has 0 amide bonds. The Morgan fingerprint density at radius 3 is 2.37 bits per heavy atom. The monoisotopic (exact) mass is 547 g/mol. The van der Waals surface area contributed by atoms with Gasteiger partial charge >= 0.3 is 0 Å². The number of benzene rings is 2. The SMILES string of the molecule is C\C=C(/C(=C\C(=C\CC)NCCCc1ccccc1)CCNC/C(C)=C/c1cnccc1CCC)c1ccccc1. The second kappa shape index (κ2) is 18.6. The molecule has 3 heteroatoms. The Kier molecular flexibility index (Phi) is 14.5. The van der Waals surface area contributed by atoms with E-state index in [1.165, 1.54) is 44.7 Å². The zero-order chi connectivity index (χ0) is 29.1. The fourth-order valence-corrected chi connectivity index (χ4v) is 5.09. The molecule has 3 rings (SSSR count). The average Bonchev–Trinajstić information content (AvgIpc) is 3.00. The minimum Gasteiger partial charge on any atom is -0.385 e. The van der Waals surface area contributed by atoms with Crippen molar-refractivity contribution in [1.82, 2.24) is 15.6 Å². The molecule has 0 fully saturated rings. The molecular formula is C38H49N3. The van der Waals surface area contributed by atoms with Crippen LogP contribution in [-0.2, 0) is 12.8 Å². The third-order valence-electron chi connectivity index (χ3n) is 7.13. The number of nitrogens with zero attached hydrogens (tertiary/aromatic N) is 1. The first kappa shape index (κ1) is 31.8. The molecule has 41 heavy (non-hydrogen) atoms. The van der Waals surface area contributed by atoms with Gasteiger partial charge in [0.1, 0.15) is 0 Å². The second-order valence-electron chi connectivity index (χ2n) is 10.6. The standard InChI is InChI=1S/C38H49N3/c1-5-15-33-22-25-40-30-36(33)27-31(4)29-39-26-23-35(38(7-3)34-20-12-9-13-21-34)28-37(16-6-2)41-24-14-19-32-17-10-8-11-18-32/h7-13,16-18,20-22,25,27-28,30,39,41H,5-6,14-15,19,23-24,26,29H2,1-4H3/b31-27+,35-28-,37-16-,38-7-. The topological polar surface area (TPSA) is 37.0 Å². The molecule has 1 heterocycles. The van der Waals surface area contributed by atoms with Crippen LogP contribution >= 0.6 is 0 Å². The minimum absolute atomic E-state index is 0.861. The van der Waals surface area contributed by atoms with E-state index in [9.17, 15) is 0 Å². The van der Waals surface area contributed by atoms with Gasteiger partial charge in [-0.05, 0) is 98.0 Å². The predicted molar refractivity (Wildman–Crippen MR) is 179 cm³/mol. The number of aryl methyl sites for hydroxylation is 2. The van der Waals surface area contributed by atoms with Crippen molar-refractivity contribution in [3.63, 3.8) is 0 Å². The quantitative estimate of drug-likeness (QED) is 0.131. The number of rotatable bonds is 17. The molecule has 216 valence electrons. The van der Waals surface area contributed by atoms with Crippen LogP contribution in [0.15, 0.2) is 114 Å². The van der Waals surface area contributed by atoms with Crippen molar-refractivity contribution in [1.29, 1.82) is 0 Å². The first-order valence-electron chi connectivity index (χ1n) is 15.4. The Balaban J connectivity index is 1.68. The molecule has 0 unspecified atom stereocenters. The lowest BCUT2D eigenvalue weighted by molar-refractivity contribution is 0.722. The van der Waals surface area contributed by atoms with E-state index in [4.69, 9.17) is 0 Å². The van der Waals surface area contributed by atoms with Gasteiger partial charge in [-0.15, -0.1) is 0 Å². The van der Waals surface area contributed by atoms with E-state index in [1.807, 2.05) is 12.4 Å². The number of hydrogen-bond donors (Lipinski definition) is 2. The van der Waals surface area contributed by atoms with Crippen LogP contribution in [0.5, 0.6) is 0 Å². The van der Waals surface area contributed by atoms with Gasteiger partial charge in [-0.25, -0.2) is 0 Å². The van der Waals surface area contributed by atoms with Crippen LogP contribution < -0.4 is 10.6 Å². The van der Waals surface area contributed by atoms with Crippen molar-refractivity contribution in [3.8, 4) is 0 Å². The Hall–Kier alpha value is -3.69. The molecular weight excluding hydrogens is 498 g/mol. The van der Waals surface area contributed by atoms with E-state index in [0.717, 1.165) is 58.2 Å². The van der Waals surface area contributed by atoms with Crippen molar-refractivity contribution in [2.24, 2.45) is 0 Å². The fraction of sp³-hybridized carbons (Fsp3) is 0.342. The van der Waals surface area contributed by atoms with Gasteiger partial charge in [0, 0.05) is 31.2 Å². The summed E-state index contributed by atoms with van der Waals surface area (Å²) in [5, 5.41) is 7.42. The average molecular weight is 548 g/mol. The van der Waals surface area contributed by atoms with Crippen LogP contribution in [0.3, 0.4) is 0 Å². The highest BCUT2D eigenvalue weighted by Crippen LogP contribution is 2.26. The maximum absolute atomic E-state index is 4.35.